The molecule has 2 rings (SSSR count). The van der Waals surface area contributed by atoms with E-state index in [0.717, 1.165) is 10.8 Å². The summed E-state index contributed by atoms with van der Waals surface area (Å²) in [5, 5.41) is 1.99. The van der Waals surface area contributed by atoms with E-state index in [2.05, 4.69) is 0 Å². The smallest absolute Gasteiger partial charge is 0.303 e. The topological polar surface area (TPSA) is 63.6 Å². The summed E-state index contributed by atoms with van der Waals surface area (Å²) >= 11 is 0. The Morgan fingerprint density at radius 1 is 1.12 bits per heavy atom. The lowest BCUT2D eigenvalue weighted by Crippen LogP contribution is -2.23. The molecule has 2 aromatic carbocycles. The molecule has 0 aliphatic rings. The fourth-order valence-electron chi connectivity index (χ4n) is 1.49. The second-order valence-electron chi connectivity index (χ2n) is 3.71. The van der Waals surface area contributed by atoms with Crippen molar-refractivity contribution >= 4 is 20.9 Å². The third-order valence-electron chi connectivity index (χ3n) is 2.44. The van der Waals surface area contributed by atoms with Crippen molar-refractivity contribution in [2.75, 3.05) is 0 Å². The van der Waals surface area contributed by atoms with E-state index in [1.165, 1.54) is 6.92 Å². The molecule has 0 radical (unpaired) electrons. The van der Waals surface area contributed by atoms with Gasteiger partial charge in [0.05, 0.1) is 0 Å². The van der Waals surface area contributed by atoms with Crippen LogP contribution in [0, 0.1) is 0 Å². The predicted octanol–water partition coefficient (Wildman–Crippen LogP) is 2.45. The van der Waals surface area contributed by atoms with Crippen LogP contribution in [0.25, 0.3) is 10.8 Å². The zero-order chi connectivity index (χ0) is 12.5. The van der Waals surface area contributed by atoms with Crippen molar-refractivity contribution in [1.82, 2.24) is 0 Å². The number of benzene rings is 2. The van der Waals surface area contributed by atoms with Gasteiger partial charge in [0.15, 0.2) is 0 Å². The molecule has 0 fully saturated rings. The molecule has 17 heavy (non-hydrogen) atoms. The van der Waals surface area contributed by atoms with Gasteiger partial charge in [-0.3, -0.25) is 4.55 Å². The first-order valence-corrected chi connectivity index (χ1v) is 6.59. The maximum Gasteiger partial charge on any atom is 0.303 e. The first-order chi connectivity index (χ1) is 7.97. The number of ether oxygens (including phenoxy) is 1. The number of hydrogen-bond acceptors (Lipinski definition) is 3. The van der Waals surface area contributed by atoms with E-state index >= 15 is 0 Å². The average Bonchev–Trinajstić information content (AvgIpc) is 2.27. The van der Waals surface area contributed by atoms with Crippen molar-refractivity contribution in [2.24, 2.45) is 0 Å². The van der Waals surface area contributed by atoms with Gasteiger partial charge in [-0.15, -0.1) is 0 Å². The summed E-state index contributed by atoms with van der Waals surface area (Å²) in [5.74, 6) is 0.411. The van der Waals surface area contributed by atoms with Crippen LogP contribution in [0.15, 0.2) is 42.5 Å². The average molecular weight is 252 g/mol. The molecule has 0 aliphatic carbocycles. The van der Waals surface area contributed by atoms with Crippen LogP contribution in [0.2, 0.25) is 0 Å². The second-order valence-corrected chi connectivity index (χ2v) is 5.40. The summed E-state index contributed by atoms with van der Waals surface area (Å²) < 4.78 is 35.6. The van der Waals surface area contributed by atoms with E-state index in [1.54, 1.807) is 12.1 Å². The molecule has 0 saturated carbocycles. The van der Waals surface area contributed by atoms with Gasteiger partial charge in [0.1, 0.15) is 5.75 Å². The van der Waals surface area contributed by atoms with Crippen molar-refractivity contribution in [3.8, 4) is 5.75 Å². The molecule has 0 spiro atoms. The van der Waals surface area contributed by atoms with Crippen molar-refractivity contribution in [2.45, 2.75) is 12.4 Å². The van der Waals surface area contributed by atoms with Crippen LogP contribution in [0.4, 0.5) is 0 Å². The number of hydrogen-bond donors (Lipinski definition) is 1. The number of rotatable bonds is 3. The van der Waals surface area contributed by atoms with Crippen LogP contribution in [-0.4, -0.2) is 18.4 Å². The highest BCUT2D eigenvalue weighted by Gasteiger charge is 2.18. The first-order valence-electron chi connectivity index (χ1n) is 5.08. The Morgan fingerprint density at radius 3 is 2.41 bits per heavy atom. The Kier molecular flexibility index (Phi) is 3.04. The van der Waals surface area contributed by atoms with E-state index in [-0.39, 0.29) is 0 Å². The summed E-state index contributed by atoms with van der Waals surface area (Å²) in [7, 11) is -4.18. The quantitative estimate of drug-likeness (QED) is 0.852. The van der Waals surface area contributed by atoms with E-state index in [0.29, 0.717) is 5.75 Å². The van der Waals surface area contributed by atoms with Gasteiger partial charge >= 0.3 is 10.1 Å². The van der Waals surface area contributed by atoms with Gasteiger partial charge in [-0.2, -0.15) is 8.42 Å². The number of fused-ring (bicyclic) bond motifs is 1. The molecule has 0 aliphatic heterocycles. The van der Waals surface area contributed by atoms with Gasteiger partial charge in [0.2, 0.25) is 5.44 Å². The minimum atomic E-state index is -4.18. The van der Waals surface area contributed by atoms with Gasteiger partial charge in [0.25, 0.3) is 0 Å². The lowest BCUT2D eigenvalue weighted by molar-refractivity contribution is 0.274. The molecule has 0 heterocycles. The van der Waals surface area contributed by atoms with Gasteiger partial charge in [-0.25, -0.2) is 0 Å². The highest BCUT2D eigenvalue weighted by Crippen LogP contribution is 2.22. The van der Waals surface area contributed by atoms with Crippen molar-refractivity contribution in [3.05, 3.63) is 42.5 Å². The largest absolute Gasteiger partial charge is 0.472 e. The molecular weight excluding hydrogens is 240 g/mol. The molecule has 2 aromatic rings. The molecule has 1 unspecified atom stereocenters. The molecular formula is C12H12O4S. The van der Waals surface area contributed by atoms with Crippen LogP contribution in [-0.2, 0) is 10.1 Å². The maximum atomic E-state index is 10.8. The highest BCUT2D eigenvalue weighted by atomic mass is 32.2. The first kappa shape index (κ1) is 11.9. The summed E-state index contributed by atoms with van der Waals surface area (Å²) in [5.41, 5.74) is -1.27. The third-order valence-corrected chi connectivity index (χ3v) is 3.38. The van der Waals surface area contributed by atoms with Crippen LogP contribution in [0.5, 0.6) is 5.75 Å². The molecule has 1 atom stereocenters. The van der Waals surface area contributed by atoms with Crippen LogP contribution >= 0.6 is 0 Å². The van der Waals surface area contributed by atoms with E-state index < -0.39 is 15.6 Å². The Labute approximate surface area is 99.6 Å². The Hall–Kier alpha value is -1.59. The minimum absolute atomic E-state index is 0.411. The van der Waals surface area contributed by atoms with Crippen molar-refractivity contribution < 1.29 is 17.7 Å². The monoisotopic (exact) mass is 252 g/mol. The molecule has 1 N–H and O–H groups in total. The maximum absolute atomic E-state index is 10.8. The Balaban J connectivity index is 2.31. The zero-order valence-corrected chi connectivity index (χ0v) is 10.0. The zero-order valence-electron chi connectivity index (χ0n) is 9.20. The third kappa shape index (κ3) is 2.75. The van der Waals surface area contributed by atoms with Gasteiger partial charge in [0, 0.05) is 0 Å². The van der Waals surface area contributed by atoms with Gasteiger partial charge in [-0.05, 0) is 29.8 Å². The summed E-state index contributed by atoms with van der Waals surface area (Å²) in [6, 6.07) is 12.9. The van der Waals surface area contributed by atoms with Crippen LogP contribution in [0.1, 0.15) is 6.92 Å². The Bertz CT molecular complexity index is 634. The lowest BCUT2D eigenvalue weighted by Gasteiger charge is -2.12. The van der Waals surface area contributed by atoms with Gasteiger partial charge in [-0.1, -0.05) is 30.3 Å². The SMILES string of the molecule is CC(Oc1ccc2ccccc2c1)S(=O)(=O)O. The molecule has 5 heteroatoms. The van der Waals surface area contributed by atoms with E-state index in [9.17, 15) is 8.42 Å². The summed E-state index contributed by atoms with van der Waals surface area (Å²) in [6.45, 7) is 1.28. The summed E-state index contributed by atoms with van der Waals surface area (Å²) in [6.07, 6.45) is 0. The standard InChI is InChI=1S/C12H12O4S/c1-9(17(13,14)15)16-12-7-6-10-4-2-3-5-11(10)8-12/h2-9H,1H3,(H,13,14,15). The van der Waals surface area contributed by atoms with Crippen molar-refractivity contribution in [3.63, 3.8) is 0 Å². The van der Waals surface area contributed by atoms with Gasteiger partial charge < -0.3 is 4.74 Å². The van der Waals surface area contributed by atoms with Crippen LogP contribution < -0.4 is 4.74 Å². The Morgan fingerprint density at radius 2 is 1.76 bits per heavy atom. The predicted molar refractivity (Wildman–Crippen MR) is 65.6 cm³/mol. The molecule has 0 aromatic heterocycles. The van der Waals surface area contributed by atoms with Crippen LogP contribution in [0.3, 0.4) is 0 Å². The molecule has 4 nitrogen and oxygen atoms in total. The molecule has 90 valence electrons. The second kappa shape index (κ2) is 4.35. The fraction of sp³-hybridized carbons (Fsp3) is 0.167. The molecule has 0 amide bonds. The molecule has 0 saturated heterocycles. The molecule has 0 bridgehead atoms. The van der Waals surface area contributed by atoms with E-state index in [1.807, 2.05) is 30.3 Å². The minimum Gasteiger partial charge on any atom is -0.472 e. The van der Waals surface area contributed by atoms with E-state index in [4.69, 9.17) is 9.29 Å². The lowest BCUT2D eigenvalue weighted by atomic mass is 10.1. The van der Waals surface area contributed by atoms with Crippen molar-refractivity contribution in [1.29, 1.82) is 0 Å². The summed E-state index contributed by atoms with van der Waals surface area (Å²) in [4.78, 5) is 0. The normalized spacial score (nSPS) is 13.5. The fourth-order valence-corrected chi connectivity index (χ4v) is 1.73. The highest BCUT2D eigenvalue weighted by molar-refractivity contribution is 7.86.